The number of benzene rings is 1. The molecule has 8 heteroatoms. The van der Waals surface area contributed by atoms with E-state index in [0.29, 0.717) is 31.4 Å². The lowest BCUT2D eigenvalue weighted by atomic mass is 10.1. The average Bonchev–Trinajstić information content (AvgIpc) is 3.45. The lowest BCUT2D eigenvalue weighted by Gasteiger charge is -2.22. The molecule has 2 amide bonds. The van der Waals surface area contributed by atoms with Crippen LogP contribution in [0.3, 0.4) is 0 Å². The number of hydrogen-bond acceptors (Lipinski definition) is 3. The Morgan fingerprint density at radius 2 is 1.87 bits per heavy atom. The highest BCUT2D eigenvalue weighted by atomic mass is 127. The summed E-state index contributed by atoms with van der Waals surface area (Å²) >= 11 is 0. The van der Waals surface area contributed by atoms with Gasteiger partial charge in [-0.25, -0.2) is 0 Å². The fourth-order valence-electron chi connectivity index (χ4n) is 4.32. The van der Waals surface area contributed by atoms with E-state index in [0.717, 1.165) is 37.9 Å². The molecule has 2 fully saturated rings. The Kier molecular flexibility index (Phi) is 10.6. The molecule has 0 spiro atoms. The average molecular weight is 541 g/mol. The third-order valence-corrected chi connectivity index (χ3v) is 6.09. The van der Waals surface area contributed by atoms with Crippen LogP contribution in [0.4, 0.5) is 0 Å². The van der Waals surface area contributed by atoms with E-state index in [9.17, 15) is 9.59 Å². The summed E-state index contributed by atoms with van der Waals surface area (Å²) < 4.78 is 0. The lowest BCUT2D eigenvalue weighted by molar-refractivity contribution is -0.134. The van der Waals surface area contributed by atoms with Gasteiger partial charge in [0.15, 0.2) is 5.96 Å². The van der Waals surface area contributed by atoms with Gasteiger partial charge < -0.3 is 20.4 Å². The van der Waals surface area contributed by atoms with Gasteiger partial charge in [0.2, 0.25) is 11.8 Å². The fraction of sp³-hybridized carbons (Fsp3) is 0.609. The standard InChI is InChI=1S/C23H35N5O2.HI/c1-24-23(25-14-12-21(29)27(2)16-18-8-4-3-5-9-18)26-20-13-15-28(17-20)22(30)19-10-6-7-11-19;/h3-5,8-9,19-20H,6-7,10-17H2,1-2H3,(H2,24,25,26);1H. The van der Waals surface area contributed by atoms with Crippen molar-refractivity contribution in [3.05, 3.63) is 35.9 Å². The second-order valence-electron chi connectivity index (χ2n) is 8.38. The molecule has 1 aliphatic heterocycles. The molecular formula is C23H36IN5O2. The topological polar surface area (TPSA) is 77.0 Å². The first-order valence-corrected chi connectivity index (χ1v) is 11.1. The van der Waals surface area contributed by atoms with Crippen molar-refractivity contribution < 1.29 is 9.59 Å². The Bertz CT molecular complexity index is 737. The number of likely N-dealkylation sites (tertiary alicyclic amines) is 1. The Balaban J connectivity index is 0.00000341. The molecule has 1 aliphatic carbocycles. The number of amides is 2. The number of nitrogens with one attached hydrogen (secondary N) is 2. The zero-order valence-electron chi connectivity index (χ0n) is 18.7. The Labute approximate surface area is 203 Å². The summed E-state index contributed by atoms with van der Waals surface area (Å²) in [4.78, 5) is 33.0. The first-order valence-electron chi connectivity index (χ1n) is 11.1. The molecule has 0 aromatic heterocycles. The van der Waals surface area contributed by atoms with E-state index < -0.39 is 0 Å². The fourth-order valence-corrected chi connectivity index (χ4v) is 4.32. The minimum absolute atomic E-state index is 0. The molecule has 1 saturated heterocycles. The number of aliphatic imine (C=N–C) groups is 1. The molecule has 0 bridgehead atoms. The largest absolute Gasteiger partial charge is 0.356 e. The van der Waals surface area contributed by atoms with Gasteiger partial charge in [-0.3, -0.25) is 14.6 Å². The van der Waals surface area contributed by atoms with Crippen molar-refractivity contribution in [3.8, 4) is 0 Å². The maximum absolute atomic E-state index is 12.6. The van der Waals surface area contributed by atoms with Crippen LogP contribution < -0.4 is 10.6 Å². The van der Waals surface area contributed by atoms with E-state index in [1.165, 1.54) is 12.8 Å². The van der Waals surface area contributed by atoms with Crippen LogP contribution >= 0.6 is 24.0 Å². The van der Waals surface area contributed by atoms with E-state index in [2.05, 4.69) is 15.6 Å². The molecule has 7 nitrogen and oxygen atoms in total. The zero-order valence-corrected chi connectivity index (χ0v) is 21.0. The Morgan fingerprint density at radius 1 is 1.16 bits per heavy atom. The van der Waals surface area contributed by atoms with Gasteiger partial charge in [-0.2, -0.15) is 0 Å². The third kappa shape index (κ3) is 7.66. The lowest BCUT2D eigenvalue weighted by Crippen LogP contribution is -2.46. The van der Waals surface area contributed by atoms with Crippen LogP contribution in [0.1, 0.15) is 44.1 Å². The maximum atomic E-state index is 12.6. The van der Waals surface area contributed by atoms with Crippen molar-refractivity contribution in [2.75, 3.05) is 33.7 Å². The summed E-state index contributed by atoms with van der Waals surface area (Å²) in [7, 11) is 3.56. The normalized spacial score (nSPS) is 19.1. The van der Waals surface area contributed by atoms with E-state index >= 15 is 0 Å². The van der Waals surface area contributed by atoms with Crippen LogP contribution in [0.5, 0.6) is 0 Å². The van der Waals surface area contributed by atoms with Gasteiger partial charge in [0, 0.05) is 58.7 Å². The molecule has 1 heterocycles. The number of hydrogen-bond donors (Lipinski definition) is 2. The van der Waals surface area contributed by atoms with E-state index in [4.69, 9.17) is 0 Å². The summed E-state index contributed by atoms with van der Waals surface area (Å²) in [5, 5.41) is 6.64. The summed E-state index contributed by atoms with van der Waals surface area (Å²) in [5.74, 6) is 1.34. The smallest absolute Gasteiger partial charge is 0.225 e. The van der Waals surface area contributed by atoms with Gasteiger partial charge >= 0.3 is 0 Å². The number of guanidine groups is 1. The van der Waals surface area contributed by atoms with Crippen LogP contribution in [-0.2, 0) is 16.1 Å². The molecule has 1 atom stereocenters. The van der Waals surface area contributed by atoms with Crippen molar-refractivity contribution in [2.45, 2.75) is 51.1 Å². The van der Waals surface area contributed by atoms with Crippen LogP contribution in [0.2, 0.25) is 0 Å². The number of carbonyl (C=O) groups is 2. The van der Waals surface area contributed by atoms with Crippen LogP contribution in [-0.4, -0.2) is 67.3 Å². The van der Waals surface area contributed by atoms with Crippen LogP contribution in [0.25, 0.3) is 0 Å². The molecule has 1 saturated carbocycles. The molecule has 0 radical (unpaired) electrons. The predicted octanol–water partition coefficient (Wildman–Crippen LogP) is 2.61. The number of rotatable bonds is 7. The monoisotopic (exact) mass is 541 g/mol. The summed E-state index contributed by atoms with van der Waals surface area (Å²) in [6.07, 6.45) is 5.79. The SMILES string of the molecule is CN=C(NCCC(=O)N(C)Cc1ccccc1)NC1CCN(C(=O)C2CCCC2)C1.I. The van der Waals surface area contributed by atoms with E-state index in [-0.39, 0.29) is 41.8 Å². The zero-order chi connectivity index (χ0) is 21.3. The molecule has 2 N–H and O–H groups in total. The number of nitrogens with zero attached hydrogens (tertiary/aromatic N) is 3. The Hall–Kier alpha value is -1.84. The molecule has 1 aromatic rings. The van der Waals surface area contributed by atoms with Crippen LogP contribution in [0, 0.1) is 5.92 Å². The van der Waals surface area contributed by atoms with Crippen molar-refractivity contribution in [1.82, 2.24) is 20.4 Å². The van der Waals surface area contributed by atoms with Gasteiger partial charge in [0.1, 0.15) is 0 Å². The van der Waals surface area contributed by atoms with Crippen molar-refractivity contribution in [2.24, 2.45) is 10.9 Å². The molecule has 3 rings (SSSR count). The molecule has 1 aromatic carbocycles. The second kappa shape index (κ2) is 12.9. The van der Waals surface area contributed by atoms with Gasteiger partial charge in [0.25, 0.3) is 0 Å². The predicted molar refractivity (Wildman–Crippen MR) is 134 cm³/mol. The highest BCUT2D eigenvalue weighted by molar-refractivity contribution is 14.0. The molecular weight excluding hydrogens is 505 g/mol. The quantitative estimate of drug-likeness (QED) is 0.316. The van der Waals surface area contributed by atoms with Crippen molar-refractivity contribution in [1.29, 1.82) is 0 Å². The highest BCUT2D eigenvalue weighted by Crippen LogP contribution is 2.27. The third-order valence-electron chi connectivity index (χ3n) is 6.09. The van der Waals surface area contributed by atoms with Crippen molar-refractivity contribution in [3.63, 3.8) is 0 Å². The summed E-state index contributed by atoms with van der Waals surface area (Å²) in [6, 6.07) is 10.2. The molecule has 1 unspecified atom stereocenters. The first kappa shape index (κ1) is 25.4. The van der Waals surface area contributed by atoms with Crippen molar-refractivity contribution >= 4 is 41.8 Å². The minimum Gasteiger partial charge on any atom is -0.356 e. The first-order chi connectivity index (χ1) is 14.6. The van der Waals surface area contributed by atoms with Gasteiger partial charge in [-0.05, 0) is 24.8 Å². The van der Waals surface area contributed by atoms with E-state index in [1.807, 2.05) is 42.3 Å². The van der Waals surface area contributed by atoms with Gasteiger partial charge in [0.05, 0.1) is 0 Å². The summed E-state index contributed by atoms with van der Waals surface area (Å²) in [6.45, 7) is 2.68. The Morgan fingerprint density at radius 3 is 2.55 bits per heavy atom. The molecule has 2 aliphatic rings. The maximum Gasteiger partial charge on any atom is 0.225 e. The highest BCUT2D eigenvalue weighted by Gasteiger charge is 2.32. The minimum atomic E-state index is 0. The van der Waals surface area contributed by atoms with E-state index in [1.54, 1.807) is 11.9 Å². The summed E-state index contributed by atoms with van der Waals surface area (Å²) in [5.41, 5.74) is 1.12. The van der Waals surface area contributed by atoms with Gasteiger partial charge in [-0.1, -0.05) is 43.2 Å². The second-order valence-corrected chi connectivity index (χ2v) is 8.38. The molecule has 172 valence electrons. The van der Waals surface area contributed by atoms with Crippen LogP contribution in [0.15, 0.2) is 35.3 Å². The number of carbonyl (C=O) groups excluding carboxylic acids is 2. The van der Waals surface area contributed by atoms with Gasteiger partial charge in [-0.15, -0.1) is 24.0 Å². The molecule has 31 heavy (non-hydrogen) atoms. The number of halogens is 1.